The molecule has 0 aliphatic heterocycles. The average molecular weight is 445 g/mol. The van der Waals surface area contributed by atoms with Crippen molar-refractivity contribution < 1.29 is 4.79 Å². The maximum atomic E-state index is 12.9. The quantitative estimate of drug-likeness (QED) is 0.418. The number of hydrogen-bond donors (Lipinski definition) is 1. The first-order valence-electron chi connectivity index (χ1n) is 10.7. The molecule has 0 radical (unpaired) electrons. The van der Waals surface area contributed by atoms with Crippen LogP contribution in [0, 0.1) is 0 Å². The Balaban J connectivity index is 1.31. The molecule has 1 fully saturated rings. The summed E-state index contributed by atoms with van der Waals surface area (Å²) in [5, 5.41) is 8.44. The van der Waals surface area contributed by atoms with Crippen molar-refractivity contribution in [3.05, 3.63) is 90.3 Å². The van der Waals surface area contributed by atoms with Crippen LogP contribution in [-0.2, 0) is 11.8 Å². The van der Waals surface area contributed by atoms with Crippen molar-refractivity contribution in [2.45, 2.75) is 30.0 Å². The predicted molar refractivity (Wildman–Crippen MR) is 124 cm³/mol. The average Bonchev–Trinajstić information content (AvgIpc) is 3.45. The van der Waals surface area contributed by atoms with Gasteiger partial charge in [-0.1, -0.05) is 60.3 Å². The Kier molecular flexibility index (Phi) is 5.77. The Bertz CT molecular complexity index is 1200. The van der Waals surface area contributed by atoms with Gasteiger partial charge in [0.25, 0.3) is 0 Å². The first-order chi connectivity index (χ1) is 15.7. The van der Waals surface area contributed by atoms with Crippen LogP contribution in [0.1, 0.15) is 42.0 Å². The van der Waals surface area contributed by atoms with Gasteiger partial charge >= 0.3 is 0 Å². The summed E-state index contributed by atoms with van der Waals surface area (Å²) in [6, 6.07) is 19.6. The Morgan fingerprint density at radius 1 is 1.12 bits per heavy atom. The number of carbonyl (C=O) groups excluding carboxylic acids is 1. The Hall–Kier alpha value is -3.39. The molecule has 1 aliphatic rings. The van der Waals surface area contributed by atoms with Gasteiger partial charge in [0.2, 0.25) is 11.1 Å². The minimum atomic E-state index is -0.318. The highest BCUT2D eigenvalue weighted by Gasteiger charge is 2.30. The lowest BCUT2D eigenvalue weighted by molar-refractivity contribution is -0.119. The summed E-state index contributed by atoms with van der Waals surface area (Å²) in [6.07, 6.45) is 5.90. The summed E-state index contributed by atoms with van der Waals surface area (Å²) in [4.78, 5) is 22.1. The first kappa shape index (κ1) is 20.5. The lowest BCUT2D eigenvalue weighted by atomic mass is 10.1. The standard InChI is InChI=1S/C24H24N6OS/c1-29-15-14-25-23(29)21(17-8-4-2-5-9-17)26-20(31)16-32-24-27-22(18-12-13-18)30(28-24)19-10-6-3-7-11-19/h2-11,14-15,18,21H,12-13,16H2,1H3,(H,26,31)/t21-/m0/s1. The van der Waals surface area contributed by atoms with Crippen molar-refractivity contribution in [3.8, 4) is 5.69 Å². The van der Waals surface area contributed by atoms with Gasteiger partial charge < -0.3 is 9.88 Å². The van der Waals surface area contributed by atoms with Crippen LogP contribution < -0.4 is 5.32 Å². The minimum absolute atomic E-state index is 0.0871. The van der Waals surface area contributed by atoms with Crippen molar-refractivity contribution >= 4 is 17.7 Å². The molecule has 2 aromatic heterocycles. The van der Waals surface area contributed by atoms with E-state index >= 15 is 0 Å². The fourth-order valence-corrected chi connectivity index (χ4v) is 4.30. The van der Waals surface area contributed by atoms with E-state index in [-0.39, 0.29) is 17.7 Å². The molecule has 1 atom stereocenters. The molecule has 2 aromatic carbocycles. The zero-order chi connectivity index (χ0) is 21.9. The zero-order valence-corrected chi connectivity index (χ0v) is 18.6. The highest BCUT2D eigenvalue weighted by molar-refractivity contribution is 7.99. The maximum absolute atomic E-state index is 12.9. The van der Waals surface area contributed by atoms with Crippen molar-refractivity contribution in [2.75, 3.05) is 5.75 Å². The van der Waals surface area contributed by atoms with E-state index in [1.165, 1.54) is 11.8 Å². The van der Waals surface area contributed by atoms with E-state index in [0.29, 0.717) is 11.1 Å². The number of para-hydroxylation sites is 1. The topological polar surface area (TPSA) is 77.6 Å². The fourth-order valence-electron chi connectivity index (χ4n) is 3.66. The number of nitrogens with zero attached hydrogens (tertiary/aromatic N) is 5. The van der Waals surface area contributed by atoms with E-state index in [2.05, 4.69) is 15.4 Å². The van der Waals surface area contributed by atoms with Crippen LogP contribution in [0.4, 0.5) is 0 Å². The van der Waals surface area contributed by atoms with Crippen molar-refractivity contribution in [1.82, 2.24) is 29.6 Å². The van der Waals surface area contributed by atoms with Gasteiger partial charge in [-0.2, -0.15) is 0 Å². The molecule has 0 unspecified atom stereocenters. The number of thioether (sulfide) groups is 1. The summed E-state index contributed by atoms with van der Waals surface area (Å²) in [5.74, 6) is 2.37. The molecule has 162 valence electrons. The normalized spacial score (nSPS) is 14.3. The Morgan fingerprint density at radius 3 is 2.50 bits per heavy atom. The van der Waals surface area contributed by atoms with Crippen LogP contribution in [-0.4, -0.2) is 36.0 Å². The summed E-state index contributed by atoms with van der Waals surface area (Å²) < 4.78 is 3.84. The second-order valence-corrected chi connectivity index (χ2v) is 8.81. The van der Waals surface area contributed by atoms with E-state index in [1.807, 2.05) is 83.2 Å². The van der Waals surface area contributed by atoms with Crippen molar-refractivity contribution in [1.29, 1.82) is 0 Å². The third-order valence-corrected chi connectivity index (χ3v) is 6.28. The molecule has 0 saturated heterocycles. The monoisotopic (exact) mass is 444 g/mol. The molecule has 0 spiro atoms. The number of aromatic nitrogens is 5. The second-order valence-electron chi connectivity index (χ2n) is 7.87. The van der Waals surface area contributed by atoms with E-state index in [0.717, 1.165) is 35.7 Å². The van der Waals surface area contributed by atoms with Gasteiger partial charge in [0.15, 0.2) is 0 Å². The molecule has 4 aromatic rings. The van der Waals surface area contributed by atoms with Gasteiger partial charge in [0.1, 0.15) is 17.7 Å². The van der Waals surface area contributed by atoms with E-state index in [1.54, 1.807) is 6.20 Å². The van der Waals surface area contributed by atoms with E-state index in [9.17, 15) is 4.79 Å². The summed E-state index contributed by atoms with van der Waals surface area (Å²) in [7, 11) is 1.93. The van der Waals surface area contributed by atoms with Crippen LogP contribution in [0.3, 0.4) is 0 Å². The molecule has 2 heterocycles. The summed E-state index contributed by atoms with van der Waals surface area (Å²) in [5.41, 5.74) is 1.99. The predicted octanol–water partition coefficient (Wildman–Crippen LogP) is 3.88. The molecular weight excluding hydrogens is 420 g/mol. The molecule has 7 nitrogen and oxygen atoms in total. The van der Waals surface area contributed by atoms with E-state index < -0.39 is 0 Å². The molecule has 1 amide bonds. The SMILES string of the molecule is Cn1ccnc1[C@@H](NC(=O)CSc1nc(C2CC2)n(-c2ccccc2)n1)c1ccccc1. The zero-order valence-electron chi connectivity index (χ0n) is 17.8. The molecule has 0 bridgehead atoms. The molecule has 1 aliphatic carbocycles. The number of rotatable bonds is 8. The lowest BCUT2D eigenvalue weighted by Crippen LogP contribution is -2.32. The van der Waals surface area contributed by atoms with Gasteiger partial charge in [0, 0.05) is 25.4 Å². The molecule has 8 heteroatoms. The largest absolute Gasteiger partial charge is 0.341 e. The number of nitrogens with one attached hydrogen (secondary N) is 1. The third kappa shape index (κ3) is 4.45. The van der Waals surface area contributed by atoms with Crippen LogP contribution in [0.25, 0.3) is 5.69 Å². The number of carbonyl (C=O) groups is 1. The Morgan fingerprint density at radius 2 is 1.84 bits per heavy atom. The third-order valence-electron chi connectivity index (χ3n) is 5.44. The van der Waals surface area contributed by atoms with Gasteiger partial charge in [-0.25, -0.2) is 14.6 Å². The van der Waals surface area contributed by atoms with Crippen molar-refractivity contribution in [2.24, 2.45) is 7.05 Å². The van der Waals surface area contributed by atoms with Gasteiger partial charge in [-0.3, -0.25) is 4.79 Å². The van der Waals surface area contributed by atoms with Crippen LogP contribution >= 0.6 is 11.8 Å². The number of hydrogen-bond acceptors (Lipinski definition) is 5. The maximum Gasteiger partial charge on any atom is 0.231 e. The van der Waals surface area contributed by atoms with Gasteiger partial charge in [-0.15, -0.1) is 5.10 Å². The van der Waals surface area contributed by atoms with Crippen LogP contribution in [0.5, 0.6) is 0 Å². The Labute approximate surface area is 190 Å². The van der Waals surface area contributed by atoms with Gasteiger partial charge in [-0.05, 0) is 30.5 Å². The number of imidazole rings is 1. The van der Waals surface area contributed by atoms with E-state index in [4.69, 9.17) is 4.98 Å². The lowest BCUT2D eigenvalue weighted by Gasteiger charge is -2.19. The molecule has 32 heavy (non-hydrogen) atoms. The smallest absolute Gasteiger partial charge is 0.231 e. The molecule has 5 rings (SSSR count). The molecule has 1 saturated carbocycles. The second kappa shape index (κ2) is 9.00. The van der Waals surface area contributed by atoms with Gasteiger partial charge in [0.05, 0.1) is 11.4 Å². The fraction of sp³-hybridized carbons (Fsp3) is 0.250. The van der Waals surface area contributed by atoms with Crippen LogP contribution in [0.15, 0.2) is 78.2 Å². The van der Waals surface area contributed by atoms with Crippen molar-refractivity contribution in [3.63, 3.8) is 0 Å². The number of benzene rings is 2. The highest BCUT2D eigenvalue weighted by atomic mass is 32.2. The minimum Gasteiger partial charge on any atom is -0.341 e. The first-order valence-corrected chi connectivity index (χ1v) is 11.6. The summed E-state index contributed by atoms with van der Waals surface area (Å²) in [6.45, 7) is 0. The molecule has 1 N–H and O–H groups in total. The molecular formula is C24H24N6OS. The highest BCUT2D eigenvalue weighted by Crippen LogP contribution is 2.40. The van der Waals surface area contributed by atoms with Crippen LogP contribution in [0.2, 0.25) is 0 Å². The number of amides is 1. The number of aryl methyl sites for hydroxylation is 1. The summed E-state index contributed by atoms with van der Waals surface area (Å²) >= 11 is 1.36.